The molecule has 9 nitrogen and oxygen atoms in total. The molecule has 212 valence electrons. The van der Waals surface area contributed by atoms with Crippen LogP contribution < -0.4 is 18.9 Å². The van der Waals surface area contributed by atoms with Gasteiger partial charge in [0.25, 0.3) is 0 Å². The number of hydrogen-bond acceptors (Lipinski definition) is 7. The van der Waals surface area contributed by atoms with E-state index >= 15 is 0 Å². The topological polar surface area (TPSA) is 99.9 Å². The summed E-state index contributed by atoms with van der Waals surface area (Å²) in [5.41, 5.74) is 2.59. The van der Waals surface area contributed by atoms with Crippen LogP contribution in [-0.2, 0) is 17.0 Å². The van der Waals surface area contributed by atoms with Crippen LogP contribution in [0.2, 0.25) is 0 Å². The number of aromatic nitrogens is 3. The van der Waals surface area contributed by atoms with Gasteiger partial charge < -0.3 is 14.2 Å². The van der Waals surface area contributed by atoms with Gasteiger partial charge >= 0.3 is 0 Å². The summed E-state index contributed by atoms with van der Waals surface area (Å²) in [5, 5.41) is 5.12. The number of aryl methyl sites for hydroxylation is 1. The lowest BCUT2D eigenvalue weighted by atomic mass is 10.1. The summed E-state index contributed by atoms with van der Waals surface area (Å²) in [7, 11) is 2.03. The highest BCUT2D eigenvalue weighted by molar-refractivity contribution is 7.91. The maximum Gasteiger partial charge on any atom is 0.138 e. The molecule has 3 aromatic carbocycles. The quantitative estimate of drug-likeness (QED) is 0.202. The van der Waals surface area contributed by atoms with E-state index in [-0.39, 0.29) is 12.1 Å². The molecule has 0 radical (unpaired) electrons. The fraction of sp³-hybridized carbons (Fsp3) is 0.226. The van der Waals surface area contributed by atoms with E-state index < -0.39 is 9.92 Å². The maximum atomic E-state index is 14.6. The van der Waals surface area contributed by atoms with Crippen LogP contribution in [-0.4, -0.2) is 33.2 Å². The third-order valence-corrected chi connectivity index (χ3v) is 9.02. The molecule has 5 aromatic rings. The molecule has 0 fully saturated rings. The second-order valence-electron chi connectivity index (χ2n) is 9.57. The number of benzene rings is 3. The zero-order chi connectivity index (χ0) is 29.0. The largest absolute Gasteiger partial charge is 0.497 e. The summed E-state index contributed by atoms with van der Waals surface area (Å²) < 4.78 is 41.3. The Kier molecular flexibility index (Phi) is 8.23. The van der Waals surface area contributed by atoms with Gasteiger partial charge in [-0.25, -0.2) is 13.3 Å². The van der Waals surface area contributed by atoms with E-state index in [9.17, 15) is 4.21 Å². The molecule has 5 rings (SSSR count). The van der Waals surface area contributed by atoms with Crippen molar-refractivity contribution < 1.29 is 18.4 Å². The molecule has 41 heavy (non-hydrogen) atoms. The van der Waals surface area contributed by atoms with Gasteiger partial charge in [0.2, 0.25) is 0 Å². The Morgan fingerprint density at radius 3 is 2.20 bits per heavy atom. The molecule has 0 aliphatic rings. The van der Waals surface area contributed by atoms with Crippen molar-refractivity contribution in [2.24, 2.45) is 11.4 Å². The predicted molar refractivity (Wildman–Crippen MR) is 160 cm³/mol. The van der Waals surface area contributed by atoms with E-state index in [1.807, 2.05) is 75.5 Å². The van der Waals surface area contributed by atoms with Crippen molar-refractivity contribution >= 4 is 20.8 Å². The molecule has 2 aromatic heterocycles. The van der Waals surface area contributed by atoms with Crippen LogP contribution in [0.25, 0.3) is 10.9 Å². The third-order valence-electron chi connectivity index (χ3n) is 6.82. The second kappa shape index (κ2) is 12.0. The van der Waals surface area contributed by atoms with Crippen LogP contribution in [0.1, 0.15) is 37.2 Å². The van der Waals surface area contributed by atoms with Crippen LogP contribution >= 0.6 is 0 Å². The Morgan fingerprint density at radius 2 is 1.54 bits per heavy atom. The van der Waals surface area contributed by atoms with Gasteiger partial charge in [-0.15, -0.1) is 0 Å². The Hall–Kier alpha value is -4.41. The zero-order valence-corrected chi connectivity index (χ0v) is 24.5. The van der Waals surface area contributed by atoms with Gasteiger partial charge in [0, 0.05) is 30.9 Å². The molecule has 0 bridgehead atoms. The number of hydrogen-bond donors (Lipinski definition) is 1. The van der Waals surface area contributed by atoms with Crippen molar-refractivity contribution in [3.8, 4) is 23.0 Å². The molecular weight excluding hydrogens is 538 g/mol. The highest BCUT2D eigenvalue weighted by atomic mass is 32.2. The number of fused-ring (bicyclic) bond motifs is 1. The number of methoxy groups -OCH3 is 2. The normalized spacial score (nSPS) is 14.2. The number of nitrogens with one attached hydrogen (secondary N) is 1. The fourth-order valence-electron chi connectivity index (χ4n) is 4.57. The SMILES string of the molecule is COc1ccc([C@@H](C)N=[S@@](=O)(N[C@@H](C)c2ccnn2C)c2ccc(Oc3ccnc4cc(OC)ccc34)cc2)cc1. The summed E-state index contributed by atoms with van der Waals surface area (Å²) in [6, 6.07) is 23.5. The highest BCUT2D eigenvalue weighted by Gasteiger charge is 2.21. The molecule has 0 amide bonds. The third kappa shape index (κ3) is 6.18. The Morgan fingerprint density at radius 1 is 0.854 bits per heavy atom. The summed E-state index contributed by atoms with van der Waals surface area (Å²) in [6.07, 6.45) is 3.42. The van der Waals surface area contributed by atoms with Gasteiger partial charge in [-0.3, -0.25) is 9.67 Å². The first-order valence-corrected chi connectivity index (χ1v) is 14.7. The molecule has 0 aliphatic heterocycles. The zero-order valence-electron chi connectivity index (χ0n) is 23.6. The van der Waals surface area contributed by atoms with Crippen molar-refractivity contribution in [3.63, 3.8) is 0 Å². The number of ether oxygens (including phenoxy) is 3. The highest BCUT2D eigenvalue weighted by Crippen LogP contribution is 2.32. The van der Waals surface area contributed by atoms with Crippen molar-refractivity contribution in [1.82, 2.24) is 19.5 Å². The van der Waals surface area contributed by atoms with E-state index in [1.54, 1.807) is 55.6 Å². The average molecular weight is 572 g/mol. The van der Waals surface area contributed by atoms with Crippen LogP contribution in [0.3, 0.4) is 0 Å². The predicted octanol–water partition coefficient (Wildman–Crippen LogP) is 6.63. The van der Waals surface area contributed by atoms with Crippen LogP contribution in [0.15, 0.2) is 101 Å². The van der Waals surface area contributed by atoms with Crippen molar-refractivity contribution in [2.75, 3.05) is 14.2 Å². The van der Waals surface area contributed by atoms with Crippen LogP contribution in [0, 0.1) is 0 Å². The Balaban J connectivity index is 1.47. The van der Waals surface area contributed by atoms with E-state index in [4.69, 9.17) is 18.6 Å². The minimum Gasteiger partial charge on any atom is -0.497 e. The molecule has 0 aliphatic carbocycles. The second-order valence-corrected chi connectivity index (χ2v) is 11.5. The van der Waals surface area contributed by atoms with Crippen molar-refractivity contribution in [2.45, 2.75) is 30.8 Å². The smallest absolute Gasteiger partial charge is 0.138 e. The summed E-state index contributed by atoms with van der Waals surface area (Å²) in [6.45, 7) is 3.88. The van der Waals surface area contributed by atoms with Gasteiger partial charge in [-0.1, -0.05) is 12.1 Å². The standard InChI is InChI=1S/C31H33N5O4S/c1-21(23-6-8-24(38-4)9-7-23)34-41(37,35-22(2)30-16-19-33-36(30)3)27-13-10-25(11-14-27)40-31-17-18-32-29-20-26(39-5)12-15-28(29)31/h6-22H,1-5H3,(H,34,35,37)/t21-,22+,41-/m1/s1. The molecule has 0 saturated carbocycles. The summed E-state index contributed by atoms with van der Waals surface area (Å²) in [5.74, 6) is 2.73. The van der Waals surface area contributed by atoms with Crippen molar-refractivity contribution in [1.29, 1.82) is 0 Å². The lowest BCUT2D eigenvalue weighted by Gasteiger charge is -2.21. The molecule has 0 saturated heterocycles. The molecule has 0 spiro atoms. The molecular formula is C31H33N5O4S. The van der Waals surface area contributed by atoms with Gasteiger partial charge in [0.05, 0.1) is 42.4 Å². The minimum atomic E-state index is -3.08. The lowest BCUT2D eigenvalue weighted by Crippen LogP contribution is -2.28. The molecule has 1 N–H and O–H groups in total. The average Bonchev–Trinajstić information content (AvgIpc) is 3.43. The first-order chi connectivity index (χ1) is 19.8. The molecule has 3 atom stereocenters. The van der Waals surface area contributed by atoms with Crippen LogP contribution in [0.5, 0.6) is 23.0 Å². The number of nitrogens with zero attached hydrogens (tertiary/aromatic N) is 4. The Bertz CT molecular complexity index is 1760. The van der Waals surface area contributed by atoms with E-state index in [0.717, 1.165) is 33.7 Å². The summed E-state index contributed by atoms with van der Waals surface area (Å²) in [4.78, 5) is 4.97. The van der Waals surface area contributed by atoms with Gasteiger partial charge in [-0.2, -0.15) is 5.10 Å². The van der Waals surface area contributed by atoms with E-state index in [2.05, 4.69) is 14.8 Å². The molecule has 10 heteroatoms. The van der Waals surface area contributed by atoms with Crippen LogP contribution in [0.4, 0.5) is 0 Å². The Labute approximate surface area is 240 Å². The molecule has 0 unspecified atom stereocenters. The maximum absolute atomic E-state index is 14.6. The first kappa shape index (κ1) is 28.1. The summed E-state index contributed by atoms with van der Waals surface area (Å²) >= 11 is 0. The van der Waals surface area contributed by atoms with E-state index in [1.165, 1.54) is 0 Å². The van der Waals surface area contributed by atoms with Gasteiger partial charge in [0.1, 0.15) is 32.9 Å². The molecule has 2 heterocycles. The van der Waals surface area contributed by atoms with E-state index in [0.29, 0.717) is 16.4 Å². The van der Waals surface area contributed by atoms with Crippen molar-refractivity contribution in [3.05, 3.63) is 103 Å². The monoisotopic (exact) mass is 571 g/mol. The minimum absolute atomic E-state index is 0.280. The van der Waals surface area contributed by atoms with Gasteiger partial charge in [0.15, 0.2) is 0 Å². The first-order valence-electron chi connectivity index (χ1n) is 13.2. The lowest BCUT2D eigenvalue weighted by molar-refractivity contribution is 0.414. The number of pyridine rings is 1. The number of rotatable bonds is 10. The van der Waals surface area contributed by atoms with Gasteiger partial charge in [-0.05, 0) is 80.1 Å². The fourth-order valence-corrected chi connectivity index (χ4v) is 6.56.